The van der Waals surface area contributed by atoms with Gasteiger partial charge in [-0.15, -0.1) is 12.4 Å². The maximum Gasteiger partial charge on any atom is 0.221 e. The van der Waals surface area contributed by atoms with Crippen molar-refractivity contribution < 1.29 is 4.79 Å². The molecular formula is C13H26ClN3O. The minimum atomic E-state index is -0.122. The van der Waals surface area contributed by atoms with E-state index >= 15 is 0 Å². The standard InChI is InChI=1S/C13H25N3O.ClH/c1-10-4-5-12(13(14)17)9-16(10)8-11-3-2-6-15-7-11;/h10-12,15H,2-9H2,1H3,(H2,14,17);1H. The highest BCUT2D eigenvalue weighted by atomic mass is 35.5. The van der Waals surface area contributed by atoms with Crippen molar-refractivity contribution in [2.45, 2.75) is 38.6 Å². The van der Waals surface area contributed by atoms with E-state index in [1.165, 1.54) is 12.8 Å². The molecule has 3 atom stereocenters. The second-order valence-electron chi connectivity index (χ2n) is 5.69. The summed E-state index contributed by atoms with van der Waals surface area (Å²) in [6.45, 7) is 6.55. The van der Waals surface area contributed by atoms with Gasteiger partial charge in [-0.2, -0.15) is 0 Å². The van der Waals surface area contributed by atoms with Gasteiger partial charge in [-0.3, -0.25) is 9.69 Å². The van der Waals surface area contributed by atoms with Gasteiger partial charge in [0.2, 0.25) is 5.91 Å². The first-order chi connectivity index (χ1) is 8.16. The van der Waals surface area contributed by atoms with Crippen LogP contribution < -0.4 is 11.1 Å². The zero-order valence-electron chi connectivity index (χ0n) is 11.2. The largest absolute Gasteiger partial charge is 0.369 e. The van der Waals surface area contributed by atoms with E-state index in [-0.39, 0.29) is 24.2 Å². The van der Waals surface area contributed by atoms with Crippen LogP contribution in [0.4, 0.5) is 0 Å². The zero-order chi connectivity index (χ0) is 12.3. The monoisotopic (exact) mass is 275 g/mol. The first-order valence-corrected chi connectivity index (χ1v) is 6.91. The molecule has 0 saturated carbocycles. The lowest BCUT2D eigenvalue weighted by Gasteiger charge is -2.39. The second kappa shape index (κ2) is 7.31. The van der Waals surface area contributed by atoms with Crippen LogP contribution >= 0.6 is 12.4 Å². The van der Waals surface area contributed by atoms with Crippen molar-refractivity contribution >= 4 is 18.3 Å². The predicted octanol–water partition coefficient (Wildman–Crippen LogP) is 0.994. The topological polar surface area (TPSA) is 58.4 Å². The minimum Gasteiger partial charge on any atom is -0.369 e. The molecule has 106 valence electrons. The summed E-state index contributed by atoms with van der Waals surface area (Å²) < 4.78 is 0. The van der Waals surface area contributed by atoms with Crippen molar-refractivity contribution in [3.05, 3.63) is 0 Å². The molecule has 1 amide bonds. The Morgan fingerprint density at radius 3 is 2.78 bits per heavy atom. The van der Waals surface area contributed by atoms with Crippen LogP contribution in [0.5, 0.6) is 0 Å². The van der Waals surface area contributed by atoms with Gasteiger partial charge in [0, 0.05) is 19.1 Å². The Morgan fingerprint density at radius 2 is 2.17 bits per heavy atom. The molecule has 2 rings (SSSR count). The fourth-order valence-corrected chi connectivity index (χ4v) is 3.08. The maximum absolute atomic E-state index is 11.3. The molecule has 18 heavy (non-hydrogen) atoms. The van der Waals surface area contributed by atoms with E-state index in [0.29, 0.717) is 6.04 Å². The number of nitrogens with zero attached hydrogens (tertiary/aromatic N) is 1. The Bertz CT molecular complexity index is 269. The summed E-state index contributed by atoms with van der Waals surface area (Å²) in [5, 5.41) is 3.45. The van der Waals surface area contributed by atoms with E-state index in [0.717, 1.165) is 44.9 Å². The quantitative estimate of drug-likeness (QED) is 0.808. The van der Waals surface area contributed by atoms with Gasteiger partial charge < -0.3 is 11.1 Å². The summed E-state index contributed by atoms with van der Waals surface area (Å²) in [4.78, 5) is 13.8. The van der Waals surface area contributed by atoms with Gasteiger partial charge in [-0.1, -0.05) is 0 Å². The van der Waals surface area contributed by atoms with Gasteiger partial charge in [-0.25, -0.2) is 0 Å². The molecule has 2 heterocycles. The Balaban J connectivity index is 0.00000162. The molecule has 0 radical (unpaired) electrons. The zero-order valence-corrected chi connectivity index (χ0v) is 12.0. The van der Waals surface area contributed by atoms with Gasteiger partial charge >= 0.3 is 0 Å². The fraction of sp³-hybridized carbons (Fsp3) is 0.923. The Labute approximate surface area is 116 Å². The molecule has 2 aliphatic heterocycles. The average molecular weight is 276 g/mol. The molecule has 2 saturated heterocycles. The van der Waals surface area contributed by atoms with Crippen molar-refractivity contribution in [2.75, 3.05) is 26.2 Å². The average Bonchev–Trinajstić information content (AvgIpc) is 2.33. The van der Waals surface area contributed by atoms with Crippen LogP contribution in [-0.4, -0.2) is 43.0 Å². The molecule has 5 heteroatoms. The molecule has 3 unspecified atom stereocenters. The molecule has 3 N–H and O–H groups in total. The molecule has 4 nitrogen and oxygen atoms in total. The smallest absolute Gasteiger partial charge is 0.221 e. The van der Waals surface area contributed by atoms with Crippen LogP contribution in [-0.2, 0) is 4.79 Å². The summed E-state index contributed by atoms with van der Waals surface area (Å²) in [5.74, 6) is 0.698. The molecule has 0 spiro atoms. The van der Waals surface area contributed by atoms with E-state index in [4.69, 9.17) is 5.73 Å². The van der Waals surface area contributed by atoms with Crippen molar-refractivity contribution in [3.63, 3.8) is 0 Å². The third kappa shape index (κ3) is 4.11. The molecule has 0 aliphatic carbocycles. The summed E-state index contributed by atoms with van der Waals surface area (Å²) in [7, 11) is 0. The molecule has 0 aromatic rings. The SMILES string of the molecule is CC1CCC(C(N)=O)CN1CC1CCCNC1.Cl. The number of hydrogen-bond acceptors (Lipinski definition) is 3. The number of nitrogens with one attached hydrogen (secondary N) is 1. The van der Waals surface area contributed by atoms with Crippen LogP contribution in [0.15, 0.2) is 0 Å². The molecule has 0 bridgehead atoms. The molecule has 2 aliphatic rings. The van der Waals surface area contributed by atoms with E-state index < -0.39 is 0 Å². The number of carbonyl (C=O) groups is 1. The number of primary amides is 1. The lowest BCUT2D eigenvalue weighted by atomic mass is 9.90. The van der Waals surface area contributed by atoms with Crippen LogP contribution in [0.1, 0.15) is 32.6 Å². The Kier molecular flexibility index (Phi) is 6.39. The predicted molar refractivity (Wildman–Crippen MR) is 75.8 cm³/mol. The highest BCUT2D eigenvalue weighted by Gasteiger charge is 2.30. The van der Waals surface area contributed by atoms with Crippen molar-refractivity contribution in [2.24, 2.45) is 17.6 Å². The summed E-state index contributed by atoms with van der Waals surface area (Å²) >= 11 is 0. The van der Waals surface area contributed by atoms with Crippen molar-refractivity contribution in [1.29, 1.82) is 0 Å². The summed E-state index contributed by atoms with van der Waals surface area (Å²) in [6, 6.07) is 0.604. The van der Waals surface area contributed by atoms with Gasteiger partial charge in [0.05, 0.1) is 5.92 Å². The van der Waals surface area contributed by atoms with Gasteiger partial charge in [-0.05, 0) is 51.6 Å². The number of amides is 1. The van der Waals surface area contributed by atoms with Gasteiger partial charge in [0.15, 0.2) is 0 Å². The number of carbonyl (C=O) groups excluding carboxylic acids is 1. The summed E-state index contributed by atoms with van der Waals surface area (Å²) in [5.41, 5.74) is 5.43. The molecule has 2 fully saturated rings. The van der Waals surface area contributed by atoms with Crippen LogP contribution in [0.2, 0.25) is 0 Å². The molecular weight excluding hydrogens is 250 g/mol. The lowest BCUT2D eigenvalue weighted by molar-refractivity contribution is -0.124. The number of piperidine rings is 2. The Morgan fingerprint density at radius 1 is 1.39 bits per heavy atom. The first kappa shape index (κ1) is 15.7. The van der Waals surface area contributed by atoms with Gasteiger partial charge in [0.25, 0.3) is 0 Å². The molecule has 0 aromatic carbocycles. The van der Waals surface area contributed by atoms with Crippen molar-refractivity contribution in [1.82, 2.24) is 10.2 Å². The van der Waals surface area contributed by atoms with E-state index in [1.807, 2.05) is 0 Å². The van der Waals surface area contributed by atoms with Crippen LogP contribution in [0.25, 0.3) is 0 Å². The highest BCUT2D eigenvalue weighted by molar-refractivity contribution is 5.85. The third-order valence-electron chi connectivity index (χ3n) is 4.31. The van der Waals surface area contributed by atoms with Crippen molar-refractivity contribution in [3.8, 4) is 0 Å². The maximum atomic E-state index is 11.3. The Hall–Kier alpha value is -0.320. The van der Waals surface area contributed by atoms with Crippen LogP contribution in [0, 0.1) is 11.8 Å². The van der Waals surface area contributed by atoms with Crippen LogP contribution in [0.3, 0.4) is 0 Å². The van der Waals surface area contributed by atoms with Gasteiger partial charge in [0.1, 0.15) is 0 Å². The number of halogens is 1. The lowest BCUT2D eigenvalue weighted by Crippen LogP contribution is -2.49. The van der Waals surface area contributed by atoms with E-state index in [2.05, 4.69) is 17.1 Å². The first-order valence-electron chi connectivity index (χ1n) is 6.91. The van der Waals surface area contributed by atoms with E-state index in [1.54, 1.807) is 0 Å². The third-order valence-corrected chi connectivity index (χ3v) is 4.31. The number of nitrogens with two attached hydrogens (primary N) is 1. The normalized spacial score (nSPS) is 33.7. The van der Waals surface area contributed by atoms with E-state index in [9.17, 15) is 4.79 Å². The summed E-state index contributed by atoms with van der Waals surface area (Å²) in [6.07, 6.45) is 4.67. The second-order valence-corrected chi connectivity index (χ2v) is 5.69. The number of hydrogen-bond donors (Lipinski definition) is 2. The minimum absolute atomic E-state index is 0. The number of rotatable bonds is 3. The highest BCUT2D eigenvalue weighted by Crippen LogP contribution is 2.24. The number of likely N-dealkylation sites (tertiary alicyclic amines) is 1. The fourth-order valence-electron chi connectivity index (χ4n) is 3.08. The molecule has 0 aromatic heterocycles.